The fourth-order valence-electron chi connectivity index (χ4n) is 3.03. The molecule has 0 aliphatic carbocycles. The summed E-state index contributed by atoms with van der Waals surface area (Å²) in [6.07, 6.45) is 2.91. The number of benzene rings is 1. The second kappa shape index (κ2) is 6.29. The van der Waals surface area contributed by atoms with Crippen molar-refractivity contribution >= 4 is 34.0 Å². The summed E-state index contributed by atoms with van der Waals surface area (Å²) in [4.78, 5) is 3.29. The van der Waals surface area contributed by atoms with E-state index in [0.29, 0.717) is 0 Å². The summed E-state index contributed by atoms with van der Waals surface area (Å²) >= 11 is 6.12. The van der Waals surface area contributed by atoms with Crippen LogP contribution in [0.3, 0.4) is 0 Å². The van der Waals surface area contributed by atoms with Crippen molar-refractivity contribution in [2.75, 3.05) is 11.9 Å². The number of rotatable bonds is 4. The predicted molar refractivity (Wildman–Crippen MR) is 105 cm³/mol. The monoisotopic (exact) mass is 368 g/mol. The van der Waals surface area contributed by atoms with E-state index in [4.69, 9.17) is 11.6 Å². The molecule has 26 heavy (non-hydrogen) atoms. The smallest absolute Gasteiger partial charge is 0.178 e. The fraction of sp³-hybridized carbons (Fsp3) is 0.316. The quantitative estimate of drug-likeness (QED) is 0.566. The van der Waals surface area contributed by atoms with Gasteiger partial charge in [-0.3, -0.25) is 0 Å². The highest BCUT2D eigenvalue weighted by Gasteiger charge is 2.21. The minimum Gasteiger partial charge on any atom is -0.368 e. The van der Waals surface area contributed by atoms with Crippen molar-refractivity contribution in [2.45, 2.75) is 32.6 Å². The number of H-pyrrole nitrogens is 1. The lowest BCUT2D eigenvalue weighted by Crippen LogP contribution is -2.18. The molecule has 0 bridgehead atoms. The molecule has 4 aromatic rings. The number of hydrogen-bond donors (Lipinski definition) is 2. The molecule has 3 heterocycles. The molecular formula is C19H21ClN6. The molecule has 0 spiro atoms. The normalized spacial score (nSPS) is 12.2. The van der Waals surface area contributed by atoms with Gasteiger partial charge in [-0.1, -0.05) is 32.4 Å². The highest BCUT2D eigenvalue weighted by Crippen LogP contribution is 2.23. The molecule has 0 atom stereocenters. The lowest BCUT2D eigenvalue weighted by atomic mass is 9.96. The Hall–Kier alpha value is -2.60. The van der Waals surface area contributed by atoms with Gasteiger partial charge < -0.3 is 10.3 Å². The van der Waals surface area contributed by atoms with E-state index in [1.807, 2.05) is 41.0 Å². The van der Waals surface area contributed by atoms with Crippen LogP contribution in [0.1, 0.15) is 32.2 Å². The van der Waals surface area contributed by atoms with Gasteiger partial charge in [0.25, 0.3) is 0 Å². The largest absolute Gasteiger partial charge is 0.368 e. The molecule has 6 nitrogen and oxygen atoms in total. The van der Waals surface area contributed by atoms with Crippen LogP contribution < -0.4 is 5.32 Å². The van der Waals surface area contributed by atoms with Crippen LogP contribution in [0.5, 0.6) is 0 Å². The highest BCUT2D eigenvalue weighted by molar-refractivity contribution is 6.31. The first kappa shape index (κ1) is 16.8. The van der Waals surface area contributed by atoms with Gasteiger partial charge in [0.1, 0.15) is 5.82 Å². The number of nitrogens with zero attached hydrogens (tertiary/aromatic N) is 4. The zero-order chi connectivity index (χ0) is 18.3. The van der Waals surface area contributed by atoms with Crippen LogP contribution in [0.25, 0.3) is 16.6 Å². The van der Waals surface area contributed by atoms with E-state index < -0.39 is 0 Å². The average Bonchev–Trinajstić information content (AvgIpc) is 3.18. The Morgan fingerprint density at radius 1 is 1.15 bits per heavy atom. The van der Waals surface area contributed by atoms with Crippen molar-refractivity contribution < 1.29 is 0 Å². The van der Waals surface area contributed by atoms with Crippen LogP contribution in [-0.4, -0.2) is 31.3 Å². The van der Waals surface area contributed by atoms with Gasteiger partial charge in [0, 0.05) is 34.1 Å². The topological polar surface area (TPSA) is 70.9 Å². The van der Waals surface area contributed by atoms with E-state index >= 15 is 0 Å². The van der Waals surface area contributed by atoms with Crippen molar-refractivity contribution in [3.05, 3.63) is 52.9 Å². The third-order valence-electron chi connectivity index (χ3n) is 4.36. The number of nitrogens with one attached hydrogen (secondary N) is 2. The van der Waals surface area contributed by atoms with Gasteiger partial charge in [-0.15, -0.1) is 15.3 Å². The van der Waals surface area contributed by atoms with Gasteiger partial charge in [0.15, 0.2) is 11.5 Å². The third kappa shape index (κ3) is 3.12. The number of anilines is 1. The molecule has 0 aliphatic heterocycles. The van der Waals surface area contributed by atoms with E-state index in [1.165, 1.54) is 5.56 Å². The Kier molecular flexibility index (Phi) is 4.07. The lowest BCUT2D eigenvalue weighted by Gasteiger charge is -2.15. The Morgan fingerprint density at radius 2 is 2.00 bits per heavy atom. The molecule has 3 aromatic heterocycles. The van der Waals surface area contributed by atoms with Crippen LogP contribution in [0.4, 0.5) is 5.82 Å². The maximum absolute atomic E-state index is 6.12. The number of aromatic amines is 1. The van der Waals surface area contributed by atoms with Crippen LogP contribution in [0, 0.1) is 0 Å². The Morgan fingerprint density at radius 3 is 2.81 bits per heavy atom. The van der Waals surface area contributed by atoms with E-state index in [0.717, 1.165) is 46.2 Å². The first-order valence-corrected chi connectivity index (χ1v) is 9.02. The number of hydrogen-bond acceptors (Lipinski definition) is 4. The highest BCUT2D eigenvalue weighted by atomic mass is 35.5. The number of fused-ring (bicyclic) bond motifs is 2. The first-order chi connectivity index (χ1) is 12.4. The second-order valence-corrected chi connectivity index (χ2v) is 7.88. The Labute approximate surface area is 156 Å². The maximum atomic E-state index is 6.12. The summed E-state index contributed by atoms with van der Waals surface area (Å²) in [7, 11) is 0. The summed E-state index contributed by atoms with van der Waals surface area (Å²) in [6, 6.07) is 9.77. The van der Waals surface area contributed by atoms with Gasteiger partial charge in [-0.05, 0) is 42.3 Å². The number of halogens is 1. The van der Waals surface area contributed by atoms with E-state index in [9.17, 15) is 0 Å². The molecule has 2 N–H and O–H groups in total. The Balaban J connectivity index is 1.51. The standard InChI is InChI=1S/C19H21ClN6/c1-19(2,3)18-24-23-17-7-6-16(25-26(17)18)21-9-8-12-11-22-15-5-4-13(20)10-14(12)15/h4-7,10-11,22H,8-9H2,1-3H3,(H,21,25). The van der Waals surface area contributed by atoms with Gasteiger partial charge in [-0.25, -0.2) is 0 Å². The van der Waals surface area contributed by atoms with Gasteiger partial charge in [-0.2, -0.15) is 4.52 Å². The van der Waals surface area contributed by atoms with Crippen LogP contribution in [0.15, 0.2) is 36.5 Å². The van der Waals surface area contributed by atoms with E-state index in [1.54, 1.807) is 0 Å². The van der Waals surface area contributed by atoms with Gasteiger partial charge in [0.05, 0.1) is 0 Å². The van der Waals surface area contributed by atoms with Gasteiger partial charge >= 0.3 is 0 Å². The molecular weight excluding hydrogens is 348 g/mol. The molecule has 134 valence electrons. The zero-order valence-corrected chi connectivity index (χ0v) is 15.8. The third-order valence-corrected chi connectivity index (χ3v) is 4.60. The van der Waals surface area contributed by atoms with Crippen molar-refractivity contribution in [1.29, 1.82) is 0 Å². The fourth-order valence-corrected chi connectivity index (χ4v) is 3.21. The number of aromatic nitrogens is 5. The summed E-state index contributed by atoms with van der Waals surface area (Å²) in [6.45, 7) is 7.08. The molecule has 0 aliphatic rings. The SMILES string of the molecule is CC(C)(C)c1nnc2ccc(NCCc3c[nH]c4ccc(Cl)cc34)nn12. The molecule has 0 saturated carbocycles. The molecule has 7 heteroatoms. The zero-order valence-electron chi connectivity index (χ0n) is 15.0. The predicted octanol–water partition coefficient (Wildman–Crippen LogP) is 4.21. The van der Waals surface area contributed by atoms with Crippen molar-refractivity contribution in [2.24, 2.45) is 0 Å². The van der Waals surface area contributed by atoms with Crippen molar-refractivity contribution in [1.82, 2.24) is 24.8 Å². The van der Waals surface area contributed by atoms with E-state index in [2.05, 4.69) is 46.4 Å². The molecule has 0 fully saturated rings. The average molecular weight is 369 g/mol. The van der Waals surface area contributed by atoms with Crippen molar-refractivity contribution in [3.8, 4) is 0 Å². The minimum atomic E-state index is -0.117. The molecule has 4 rings (SSSR count). The van der Waals surface area contributed by atoms with Crippen molar-refractivity contribution in [3.63, 3.8) is 0 Å². The lowest BCUT2D eigenvalue weighted by molar-refractivity contribution is 0.527. The van der Waals surface area contributed by atoms with Crippen LogP contribution in [0.2, 0.25) is 5.02 Å². The molecule has 1 aromatic carbocycles. The van der Waals surface area contributed by atoms with Crippen LogP contribution in [-0.2, 0) is 11.8 Å². The Bertz CT molecular complexity index is 1070. The second-order valence-electron chi connectivity index (χ2n) is 7.44. The van der Waals surface area contributed by atoms with E-state index in [-0.39, 0.29) is 5.41 Å². The molecule has 0 amide bonds. The minimum absolute atomic E-state index is 0.117. The summed E-state index contributed by atoms with van der Waals surface area (Å²) in [5, 5.41) is 18.4. The molecule has 0 unspecified atom stereocenters. The van der Waals surface area contributed by atoms with Crippen LogP contribution >= 0.6 is 11.6 Å². The van der Waals surface area contributed by atoms with Gasteiger partial charge in [0.2, 0.25) is 0 Å². The first-order valence-electron chi connectivity index (χ1n) is 8.64. The molecule has 0 saturated heterocycles. The molecule has 0 radical (unpaired) electrons. The maximum Gasteiger partial charge on any atom is 0.178 e. The summed E-state index contributed by atoms with van der Waals surface area (Å²) in [5.74, 6) is 1.66. The summed E-state index contributed by atoms with van der Waals surface area (Å²) in [5.41, 5.74) is 2.97. The summed E-state index contributed by atoms with van der Waals surface area (Å²) < 4.78 is 1.81.